The van der Waals surface area contributed by atoms with E-state index in [4.69, 9.17) is 9.16 Å². The van der Waals surface area contributed by atoms with Crippen LogP contribution in [-0.4, -0.2) is 43.4 Å². The molecule has 0 spiro atoms. The zero-order valence-corrected chi connectivity index (χ0v) is 12.3. The predicted octanol–water partition coefficient (Wildman–Crippen LogP) is 1.64. The lowest BCUT2D eigenvalue weighted by Crippen LogP contribution is -2.53. The minimum Gasteiger partial charge on any atom is -0.493 e. The molecule has 0 saturated heterocycles. The summed E-state index contributed by atoms with van der Waals surface area (Å²) in [5, 5.41) is 19.2. The minimum atomic E-state index is -1.98. The van der Waals surface area contributed by atoms with Gasteiger partial charge in [-0.05, 0) is 24.2 Å². The molecule has 1 rings (SSSR count). The standard InChI is InChI=1S/C12H24O4Si/c1-12(2,3)17(4,5)16-11-9(14)6-7-15-10(11)8-13/h6-7,9-11,13-14H,8H2,1-5H3/t9-,10-,11+/m1/s1. The van der Waals surface area contributed by atoms with E-state index in [1.807, 2.05) is 0 Å². The first kappa shape index (κ1) is 14.7. The third-order valence-corrected chi connectivity index (χ3v) is 8.12. The molecule has 0 fully saturated rings. The quantitative estimate of drug-likeness (QED) is 0.757. The summed E-state index contributed by atoms with van der Waals surface area (Å²) in [4.78, 5) is 0. The molecular weight excluding hydrogens is 236 g/mol. The van der Waals surface area contributed by atoms with Gasteiger partial charge in [-0.1, -0.05) is 20.8 Å². The highest BCUT2D eigenvalue weighted by Gasteiger charge is 2.43. The van der Waals surface area contributed by atoms with E-state index < -0.39 is 26.6 Å². The van der Waals surface area contributed by atoms with Crippen LogP contribution >= 0.6 is 0 Å². The normalized spacial score (nSPS) is 30.2. The molecule has 100 valence electrons. The average Bonchev–Trinajstić information content (AvgIpc) is 2.19. The Kier molecular flexibility index (Phi) is 4.41. The fourth-order valence-corrected chi connectivity index (χ4v) is 2.77. The van der Waals surface area contributed by atoms with Gasteiger partial charge in [0.15, 0.2) is 8.32 Å². The lowest BCUT2D eigenvalue weighted by atomic mass is 10.1. The van der Waals surface area contributed by atoms with Crippen LogP contribution in [0.2, 0.25) is 18.1 Å². The van der Waals surface area contributed by atoms with E-state index in [0.717, 1.165) is 0 Å². The van der Waals surface area contributed by atoms with Gasteiger partial charge < -0.3 is 19.4 Å². The molecular formula is C12H24O4Si. The van der Waals surface area contributed by atoms with Gasteiger partial charge >= 0.3 is 0 Å². The summed E-state index contributed by atoms with van der Waals surface area (Å²) in [6, 6.07) is 0. The Labute approximate surface area is 104 Å². The first-order valence-corrected chi connectivity index (χ1v) is 8.89. The van der Waals surface area contributed by atoms with E-state index >= 15 is 0 Å². The second kappa shape index (κ2) is 5.10. The second-order valence-corrected chi connectivity index (χ2v) is 10.8. The molecule has 1 aliphatic rings. The van der Waals surface area contributed by atoms with Crippen LogP contribution in [0.4, 0.5) is 0 Å². The van der Waals surface area contributed by atoms with Gasteiger partial charge in [0, 0.05) is 0 Å². The van der Waals surface area contributed by atoms with Crippen LogP contribution in [0.3, 0.4) is 0 Å². The number of rotatable bonds is 3. The van der Waals surface area contributed by atoms with Crippen LogP contribution in [0.5, 0.6) is 0 Å². The summed E-state index contributed by atoms with van der Waals surface area (Å²) in [6.45, 7) is 10.5. The summed E-state index contributed by atoms with van der Waals surface area (Å²) in [5.41, 5.74) is 0. The smallest absolute Gasteiger partial charge is 0.192 e. The fourth-order valence-electron chi connectivity index (χ4n) is 1.44. The minimum absolute atomic E-state index is 0.0634. The van der Waals surface area contributed by atoms with Crippen molar-refractivity contribution < 1.29 is 19.4 Å². The van der Waals surface area contributed by atoms with Crippen LogP contribution in [0, 0.1) is 0 Å². The van der Waals surface area contributed by atoms with Crippen molar-refractivity contribution >= 4 is 8.32 Å². The summed E-state index contributed by atoms with van der Waals surface area (Å²) in [7, 11) is -1.98. The molecule has 5 heteroatoms. The van der Waals surface area contributed by atoms with Crippen LogP contribution < -0.4 is 0 Å². The monoisotopic (exact) mass is 260 g/mol. The van der Waals surface area contributed by atoms with Crippen LogP contribution in [0.1, 0.15) is 20.8 Å². The van der Waals surface area contributed by atoms with E-state index in [0.29, 0.717) is 0 Å². The molecule has 1 heterocycles. The average molecular weight is 260 g/mol. The highest BCUT2D eigenvalue weighted by molar-refractivity contribution is 6.74. The van der Waals surface area contributed by atoms with Crippen molar-refractivity contribution in [3.05, 3.63) is 12.3 Å². The van der Waals surface area contributed by atoms with Crippen molar-refractivity contribution in [3.63, 3.8) is 0 Å². The van der Waals surface area contributed by atoms with E-state index in [9.17, 15) is 10.2 Å². The molecule has 3 atom stereocenters. The zero-order chi connectivity index (χ0) is 13.3. The summed E-state index contributed by atoms with van der Waals surface area (Å²) < 4.78 is 11.4. The highest BCUT2D eigenvalue weighted by Crippen LogP contribution is 2.38. The molecule has 1 aliphatic heterocycles. The second-order valence-electron chi connectivity index (χ2n) is 6.02. The maximum atomic E-state index is 9.92. The number of aliphatic hydroxyl groups excluding tert-OH is 2. The summed E-state index contributed by atoms with van der Waals surface area (Å²) in [5.74, 6) is 0. The van der Waals surface area contributed by atoms with Gasteiger partial charge in [-0.2, -0.15) is 0 Å². The van der Waals surface area contributed by atoms with Gasteiger partial charge in [-0.3, -0.25) is 0 Å². The van der Waals surface area contributed by atoms with Crippen LogP contribution in [-0.2, 0) is 9.16 Å². The Morgan fingerprint density at radius 1 is 1.35 bits per heavy atom. The first-order chi connectivity index (χ1) is 7.69. The molecule has 0 unspecified atom stereocenters. The first-order valence-electron chi connectivity index (χ1n) is 5.98. The van der Waals surface area contributed by atoms with Gasteiger partial charge in [0.05, 0.1) is 12.9 Å². The molecule has 0 aromatic rings. The van der Waals surface area contributed by atoms with Gasteiger partial charge in [0.1, 0.15) is 18.3 Å². The molecule has 0 amide bonds. The van der Waals surface area contributed by atoms with E-state index in [1.54, 1.807) is 6.08 Å². The van der Waals surface area contributed by atoms with Crippen molar-refractivity contribution in [2.45, 2.75) is 57.2 Å². The summed E-state index contributed by atoms with van der Waals surface area (Å²) >= 11 is 0. The lowest BCUT2D eigenvalue weighted by Gasteiger charge is -2.42. The Morgan fingerprint density at radius 2 is 1.94 bits per heavy atom. The van der Waals surface area contributed by atoms with Gasteiger partial charge in [-0.15, -0.1) is 0 Å². The highest BCUT2D eigenvalue weighted by atomic mass is 28.4. The number of ether oxygens (including phenoxy) is 1. The molecule has 0 aromatic carbocycles. The Morgan fingerprint density at radius 3 is 2.41 bits per heavy atom. The Bertz CT molecular complexity index is 283. The maximum absolute atomic E-state index is 9.92. The van der Waals surface area contributed by atoms with Crippen LogP contribution in [0.25, 0.3) is 0 Å². The largest absolute Gasteiger partial charge is 0.493 e. The van der Waals surface area contributed by atoms with Crippen molar-refractivity contribution in [1.29, 1.82) is 0 Å². The molecule has 0 radical (unpaired) electrons. The van der Waals surface area contributed by atoms with Crippen molar-refractivity contribution in [1.82, 2.24) is 0 Å². The van der Waals surface area contributed by atoms with Crippen molar-refractivity contribution in [2.75, 3.05) is 6.61 Å². The molecule has 0 bridgehead atoms. The van der Waals surface area contributed by atoms with Gasteiger partial charge in [-0.25, -0.2) is 0 Å². The van der Waals surface area contributed by atoms with Gasteiger partial charge in [0.2, 0.25) is 0 Å². The maximum Gasteiger partial charge on any atom is 0.192 e. The molecule has 4 nitrogen and oxygen atoms in total. The molecule has 0 saturated carbocycles. The van der Waals surface area contributed by atoms with E-state index in [-0.39, 0.29) is 11.6 Å². The molecule has 0 aromatic heterocycles. The Balaban J connectivity index is 2.81. The fraction of sp³-hybridized carbons (Fsp3) is 0.833. The van der Waals surface area contributed by atoms with E-state index in [2.05, 4.69) is 33.9 Å². The number of aliphatic hydroxyl groups is 2. The lowest BCUT2D eigenvalue weighted by molar-refractivity contribution is -0.0740. The Hall–Kier alpha value is -0.363. The van der Waals surface area contributed by atoms with Crippen molar-refractivity contribution in [3.8, 4) is 0 Å². The molecule has 17 heavy (non-hydrogen) atoms. The summed E-state index contributed by atoms with van der Waals surface area (Å²) in [6.07, 6.45) is 1.31. The molecule has 0 aliphatic carbocycles. The third-order valence-electron chi connectivity index (χ3n) is 3.65. The van der Waals surface area contributed by atoms with Crippen LogP contribution in [0.15, 0.2) is 12.3 Å². The predicted molar refractivity (Wildman–Crippen MR) is 69.2 cm³/mol. The SMILES string of the molecule is CC(C)(C)[Si](C)(C)O[C@H]1[C@H](O)C=CO[C@@H]1CO. The molecule has 2 N–H and O–H groups in total. The topological polar surface area (TPSA) is 58.9 Å². The third kappa shape index (κ3) is 3.31. The van der Waals surface area contributed by atoms with Crippen molar-refractivity contribution in [2.24, 2.45) is 0 Å². The number of hydrogen-bond acceptors (Lipinski definition) is 4. The number of hydrogen-bond donors (Lipinski definition) is 2. The van der Waals surface area contributed by atoms with Gasteiger partial charge in [0.25, 0.3) is 0 Å². The zero-order valence-electron chi connectivity index (χ0n) is 11.3. The van der Waals surface area contributed by atoms with E-state index in [1.165, 1.54) is 6.26 Å².